The molecule has 138 valence electrons. The van der Waals surface area contributed by atoms with E-state index in [2.05, 4.69) is 45.2 Å². The van der Waals surface area contributed by atoms with Crippen LogP contribution in [0.4, 0.5) is 0 Å². The van der Waals surface area contributed by atoms with Crippen LogP contribution in [0.3, 0.4) is 0 Å². The number of benzene rings is 3. The van der Waals surface area contributed by atoms with E-state index in [0.29, 0.717) is 23.2 Å². The zero-order valence-electron chi connectivity index (χ0n) is 15.3. The third kappa shape index (κ3) is 3.65. The summed E-state index contributed by atoms with van der Waals surface area (Å²) in [5.74, 6) is 1.81. The summed E-state index contributed by atoms with van der Waals surface area (Å²) in [5.41, 5.74) is 2.59. The molecule has 0 unspecified atom stereocenters. The molecule has 0 bridgehead atoms. The zero-order chi connectivity index (χ0) is 19.6. The van der Waals surface area contributed by atoms with Gasteiger partial charge in [-0.2, -0.15) is 0 Å². The molecule has 0 aliphatic carbocycles. The number of halogens is 1. The Bertz CT molecular complexity index is 1300. The van der Waals surface area contributed by atoms with Crippen LogP contribution < -0.4 is 0 Å². The number of pyridine rings is 1. The van der Waals surface area contributed by atoms with Crippen LogP contribution in [-0.2, 0) is 0 Å². The second-order valence-electron chi connectivity index (χ2n) is 6.60. The molecule has 5 rings (SSSR count). The van der Waals surface area contributed by atoms with Gasteiger partial charge in [0.25, 0.3) is 0 Å². The minimum Gasteiger partial charge on any atom is -0.252 e. The van der Waals surface area contributed by atoms with Crippen molar-refractivity contribution in [1.82, 2.24) is 19.9 Å². The van der Waals surface area contributed by atoms with E-state index in [1.807, 2.05) is 60.7 Å². The number of fused-ring (bicyclic) bond motifs is 1. The minimum atomic E-state index is 0.550. The van der Waals surface area contributed by atoms with Gasteiger partial charge in [-0.1, -0.05) is 66.7 Å². The van der Waals surface area contributed by atoms with Crippen LogP contribution in [-0.4, -0.2) is 19.9 Å². The zero-order valence-corrected chi connectivity index (χ0v) is 16.9. The van der Waals surface area contributed by atoms with Gasteiger partial charge in [-0.3, -0.25) is 4.98 Å². The molecule has 29 heavy (non-hydrogen) atoms. The Hall–Kier alpha value is -3.44. The van der Waals surface area contributed by atoms with Crippen molar-refractivity contribution >= 4 is 26.7 Å². The first-order chi connectivity index (χ1) is 14.3. The Morgan fingerprint density at radius 2 is 1.24 bits per heavy atom. The summed E-state index contributed by atoms with van der Waals surface area (Å²) >= 11 is 3.43. The Morgan fingerprint density at radius 3 is 2.00 bits per heavy atom. The fraction of sp³-hybridized carbons (Fsp3) is 0. The van der Waals surface area contributed by atoms with Crippen molar-refractivity contribution in [3.63, 3.8) is 0 Å². The molecule has 0 spiro atoms. The van der Waals surface area contributed by atoms with Gasteiger partial charge < -0.3 is 0 Å². The van der Waals surface area contributed by atoms with Crippen molar-refractivity contribution < 1.29 is 0 Å². The molecule has 0 radical (unpaired) electrons. The van der Waals surface area contributed by atoms with Crippen LogP contribution in [0.2, 0.25) is 0 Å². The quantitative estimate of drug-likeness (QED) is 0.337. The number of nitrogens with zero attached hydrogens (tertiary/aromatic N) is 4. The summed E-state index contributed by atoms with van der Waals surface area (Å²) in [5, 5.41) is 2.33. The Morgan fingerprint density at radius 1 is 0.552 bits per heavy atom. The molecule has 2 heterocycles. The molecule has 2 aromatic heterocycles. The molecule has 0 N–H and O–H groups in total. The second-order valence-corrected chi connectivity index (χ2v) is 7.51. The first-order valence-electron chi connectivity index (χ1n) is 9.19. The first kappa shape index (κ1) is 17.6. The van der Waals surface area contributed by atoms with E-state index in [1.54, 1.807) is 6.20 Å². The highest BCUT2D eigenvalue weighted by atomic mass is 79.9. The number of hydrogen-bond donors (Lipinski definition) is 0. The second kappa shape index (κ2) is 7.53. The maximum Gasteiger partial charge on any atom is 0.182 e. The molecule has 0 fully saturated rings. The van der Waals surface area contributed by atoms with Gasteiger partial charge in [0.2, 0.25) is 0 Å². The van der Waals surface area contributed by atoms with Crippen LogP contribution in [0.5, 0.6) is 0 Å². The average molecular weight is 439 g/mol. The summed E-state index contributed by atoms with van der Waals surface area (Å²) < 4.78 is 0.911. The van der Waals surface area contributed by atoms with E-state index in [-0.39, 0.29) is 0 Å². The van der Waals surface area contributed by atoms with E-state index in [0.717, 1.165) is 21.0 Å². The maximum atomic E-state index is 4.76. The summed E-state index contributed by atoms with van der Waals surface area (Å²) in [7, 11) is 0. The van der Waals surface area contributed by atoms with Gasteiger partial charge in [0.05, 0.1) is 0 Å². The fourth-order valence-corrected chi connectivity index (χ4v) is 3.41. The Balaban J connectivity index is 1.71. The molecule has 3 aromatic carbocycles. The molecule has 5 heteroatoms. The van der Waals surface area contributed by atoms with E-state index in [4.69, 9.17) is 15.0 Å². The van der Waals surface area contributed by atoms with Crippen molar-refractivity contribution in [2.45, 2.75) is 0 Å². The van der Waals surface area contributed by atoms with Crippen LogP contribution in [0.15, 0.2) is 95.6 Å². The van der Waals surface area contributed by atoms with Crippen LogP contribution in [0, 0.1) is 0 Å². The predicted molar refractivity (Wildman–Crippen MR) is 119 cm³/mol. The lowest BCUT2D eigenvalue weighted by atomic mass is 10.1. The smallest absolute Gasteiger partial charge is 0.182 e. The summed E-state index contributed by atoms with van der Waals surface area (Å²) in [6, 6.07) is 28.3. The third-order valence-corrected chi connectivity index (χ3v) is 5.10. The Kier molecular flexibility index (Phi) is 4.58. The lowest BCUT2D eigenvalue weighted by molar-refractivity contribution is 1.06. The lowest BCUT2D eigenvalue weighted by Crippen LogP contribution is -2.01. The molecular formula is C24H15BrN4. The third-order valence-electron chi connectivity index (χ3n) is 4.63. The topological polar surface area (TPSA) is 51.6 Å². The van der Waals surface area contributed by atoms with Crippen molar-refractivity contribution in [1.29, 1.82) is 0 Å². The van der Waals surface area contributed by atoms with Gasteiger partial charge in [-0.25, -0.2) is 15.0 Å². The highest BCUT2D eigenvalue weighted by molar-refractivity contribution is 9.10. The van der Waals surface area contributed by atoms with Crippen molar-refractivity contribution in [2.75, 3.05) is 0 Å². The fourth-order valence-electron chi connectivity index (χ4n) is 3.17. The molecule has 0 aliphatic heterocycles. The molecular weight excluding hydrogens is 424 g/mol. The summed E-state index contributed by atoms with van der Waals surface area (Å²) in [6.45, 7) is 0. The van der Waals surface area contributed by atoms with Gasteiger partial charge >= 0.3 is 0 Å². The molecule has 0 saturated carbocycles. The number of rotatable bonds is 3. The molecule has 5 aromatic rings. The van der Waals surface area contributed by atoms with Crippen molar-refractivity contribution in [2.24, 2.45) is 0 Å². The van der Waals surface area contributed by atoms with Gasteiger partial charge in [-0.05, 0) is 44.9 Å². The largest absolute Gasteiger partial charge is 0.252 e. The maximum absolute atomic E-state index is 4.76. The van der Waals surface area contributed by atoms with Crippen LogP contribution in [0.25, 0.3) is 45.1 Å². The van der Waals surface area contributed by atoms with Gasteiger partial charge in [0.1, 0.15) is 5.69 Å². The minimum absolute atomic E-state index is 0.550. The number of hydrogen-bond acceptors (Lipinski definition) is 4. The summed E-state index contributed by atoms with van der Waals surface area (Å²) in [6.07, 6.45) is 1.75. The molecule has 0 saturated heterocycles. The standard InChI is InChI=1S/C24H15BrN4/c25-20-12-13-21(26-15-20)24-28-22(17-7-2-1-3-8-17)27-23(29-24)19-11-10-16-6-4-5-9-18(16)14-19/h1-15H. The molecule has 0 aliphatic rings. The summed E-state index contributed by atoms with van der Waals surface area (Å²) in [4.78, 5) is 18.7. The number of aromatic nitrogens is 4. The van der Waals surface area contributed by atoms with Gasteiger partial charge in [0, 0.05) is 21.8 Å². The molecule has 4 nitrogen and oxygen atoms in total. The predicted octanol–water partition coefficient (Wildman–Crippen LogP) is 6.18. The van der Waals surface area contributed by atoms with Gasteiger partial charge in [0.15, 0.2) is 17.5 Å². The normalized spacial score (nSPS) is 10.9. The Labute approximate surface area is 176 Å². The lowest BCUT2D eigenvalue weighted by Gasteiger charge is -2.08. The average Bonchev–Trinajstić information content (AvgIpc) is 2.79. The SMILES string of the molecule is Brc1ccc(-c2nc(-c3ccccc3)nc(-c3ccc4ccccc4c3)n2)nc1. The van der Waals surface area contributed by atoms with E-state index >= 15 is 0 Å². The first-order valence-corrected chi connectivity index (χ1v) is 9.98. The van der Waals surface area contributed by atoms with Crippen molar-refractivity contribution in [3.05, 3.63) is 95.6 Å². The molecule has 0 amide bonds. The van der Waals surface area contributed by atoms with E-state index in [9.17, 15) is 0 Å². The molecule has 0 atom stereocenters. The van der Waals surface area contributed by atoms with Gasteiger partial charge in [-0.15, -0.1) is 0 Å². The monoisotopic (exact) mass is 438 g/mol. The highest BCUT2D eigenvalue weighted by Gasteiger charge is 2.13. The van der Waals surface area contributed by atoms with Crippen molar-refractivity contribution in [3.8, 4) is 34.3 Å². The van der Waals surface area contributed by atoms with E-state index in [1.165, 1.54) is 5.39 Å². The van der Waals surface area contributed by atoms with E-state index < -0.39 is 0 Å². The van der Waals surface area contributed by atoms with Crippen LogP contribution in [0.1, 0.15) is 0 Å². The highest BCUT2D eigenvalue weighted by Crippen LogP contribution is 2.26. The van der Waals surface area contributed by atoms with Crippen LogP contribution >= 0.6 is 15.9 Å².